The van der Waals surface area contributed by atoms with Gasteiger partial charge in [0.2, 0.25) is 5.91 Å². The lowest BCUT2D eigenvalue weighted by molar-refractivity contribution is -0.125. The Labute approximate surface area is 112 Å². The average Bonchev–Trinajstić information content (AvgIpc) is 2.52. The van der Waals surface area contributed by atoms with Crippen LogP contribution in [0.5, 0.6) is 0 Å². The minimum absolute atomic E-state index is 0.128. The van der Waals surface area contributed by atoms with Crippen molar-refractivity contribution < 1.29 is 27.9 Å². The third-order valence-electron chi connectivity index (χ3n) is 2.40. The van der Waals surface area contributed by atoms with Crippen molar-refractivity contribution >= 4 is 19.6 Å². The molecule has 1 rings (SSSR count). The number of nitrogens with zero attached hydrogens (tertiary/aromatic N) is 1. The highest BCUT2D eigenvalue weighted by atomic mass is 31.2. The topological polar surface area (TPSA) is 82.1 Å². The summed E-state index contributed by atoms with van der Waals surface area (Å²) in [6.07, 6.45) is -1.19. The first-order valence-corrected chi connectivity index (χ1v) is 7.87. The molecule has 0 bridgehead atoms. The van der Waals surface area contributed by atoms with E-state index in [-0.39, 0.29) is 19.8 Å². The van der Waals surface area contributed by atoms with Crippen molar-refractivity contribution in [1.29, 1.82) is 0 Å². The Morgan fingerprint density at radius 2 is 1.89 bits per heavy atom. The highest BCUT2D eigenvalue weighted by molar-refractivity contribution is 7.54. The van der Waals surface area contributed by atoms with Crippen molar-refractivity contribution in [1.82, 2.24) is 4.90 Å². The molecule has 0 aromatic carbocycles. The van der Waals surface area contributed by atoms with E-state index in [2.05, 4.69) is 0 Å². The molecule has 0 aromatic heterocycles. The Morgan fingerprint density at radius 3 is 2.26 bits per heavy atom. The first kappa shape index (κ1) is 16.1. The molecule has 1 fully saturated rings. The lowest BCUT2D eigenvalue weighted by Gasteiger charge is -2.19. The summed E-state index contributed by atoms with van der Waals surface area (Å²) in [4.78, 5) is 24.5. The van der Waals surface area contributed by atoms with E-state index in [1.54, 1.807) is 27.7 Å². The summed E-state index contributed by atoms with van der Waals surface area (Å²) in [5.74, 6) is -0.610. The number of amides is 2. The van der Waals surface area contributed by atoms with Crippen molar-refractivity contribution in [2.24, 2.45) is 0 Å². The number of rotatable bonds is 6. The Balaban J connectivity index is 2.73. The zero-order chi connectivity index (χ0) is 14.7. The fraction of sp³-hybridized carbons (Fsp3) is 0.818. The molecule has 0 radical (unpaired) electrons. The van der Waals surface area contributed by atoms with Crippen LogP contribution in [0.25, 0.3) is 0 Å². The zero-order valence-electron chi connectivity index (χ0n) is 11.7. The third-order valence-corrected chi connectivity index (χ3v) is 4.37. The van der Waals surface area contributed by atoms with Crippen LogP contribution in [0, 0.1) is 0 Å². The van der Waals surface area contributed by atoms with E-state index in [9.17, 15) is 14.2 Å². The predicted octanol–water partition coefficient (Wildman–Crippen LogP) is 2.01. The van der Waals surface area contributed by atoms with Crippen molar-refractivity contribution in [3.05, 3.63) is 0 Å². The average molecular weight is 293 g/mol. The van der Waals surface area contributed by atoms with Gasteiger partial charge in [0, 0.05) is 0 Å². The molecule has 1 saturated heterocycles. The van der Waals surface area contributed by atoms with Gasteiger partial charge in [0.1, 0.15) is 11.8 Å². The van der Waals surface area contributed by atoms with Gasteiger partial charge in [-0.1, -0.05) is 0 Å². The van der Waals surface area contributed by atoms with Gasteiger partial charge in [-0.15, -0.1) is 0 Å². The quantitative estimate of drug-likeness (QED) is 0.697. The standard InChI is InChI=1S/C11H20NO6P/c1-5-16-19(15,17-6-2)7-9(13)12-8-11(3,4)18-10(12)14/h5-8H2,1-4H3. The van der Waals surface area contributed by atoms with Crippen LogP contribution in [0.4, 0.5) is 4.79 Å². The predicted molar refractivity (Wildman–Crippen MR) is 68.0 cm³/mol. The van der Waals surface area contributed by atoms with Crippen LogP contribution in [0.3, 0.4) is 0 Å². The van der Waals surface area contributed by atoms with E-state index in [4.69, 9.17) is 13.8 Å². The van der Waals surface area contributed by atoms with Gasteiger partial charge in [0.15, 0.2) is 0 Å². The molecule has 1 aliphatic heterocycles. The zero-order valence-corrected chi connectivity index (χ0v) is 12.6. The van der Waals surface area contributed by atoms with Crippen LogP contribution < -0.4 is 0 Å². The van der Waals surface area contributed by atoms with Crippen molar-refractivity contribution in [2.45, 2.75) is 33.3 Å². The van der Waals surface area contributed by atoms with E-state index in [0.29, 0.717) is 0 Å². The molecule has 2 amide bonds. The molecular formula is C11H20NO6P. The largest absolute Gasteiger partial charge is 0.441 e. The molecule has 0 unspecified atom stereocenters. The number of carbonyl (C=O) groups excluding carboxylic acids is 2. The molecule has 110 valence electrons. The molecule has 7 nitrogen and oxygen atoms in total. The van der Waals surface area contributed by atoms with Gasteiger partial charge in [0.25, 0.3) is 0 Å². The second-order valence-electron chi connectivity index (χ2n) is 4.71. The molecular weight excluding hydrogens is 273 g/mol. The van der Waals surface area contributed by atoms with E-state index in [1.807, 2.05) is 0 Å². The van der Waals surface area contributed by atoms with Gasteiger partial charge in [-0.25, -0.2) is 9.69 Å². The maximum absolute atomic E-state index is 12.2. The van der Waals surface area contributed by atoms with E-state index in [1.165, 1.54) is 0 Å². The van der Waals surface area contributed by atoms with E-state index < -0.39 is 31.4 Å². The molecule has 0 aliphatic carbocycles. The van der Waals surface area contributed by atoms with Crippen LogP contribution in [0.2, 0.25) is 0 Å². The number of imide groups is 1. The van der Waals surface area contributed by atoms with Crippen LogP contribution >= 0.6 is 7.60 Å². The smallest absolute Gasteiger partial charge is 0.417 e. The molecule has 0 aromatic rings. The molecule has 19 heavy (non-hydrogen) atoms. The highest BCUT2D eigenvalue weighted by Crippen LogP contribution is 2.48. The lowest BCUT2D eigenvalue weighted by Crippen LogP contribution is -2.36. The first-order chi connectivity index (χ1) is 8.73. The Hall–Kier alpha value is -0.910. The first-order valence-electron chi connectivity index (χ1n) is 6.14. The van der Waals surface area contributed by atoms with Gasteiger partial charge in [-0.3, -0.25) is 9.36 Å². The normalized spacial score (nSPS) is 18.5. The maximum Gasteiger partial charge on any atom is 0.417 e. The van der Waals surface area contributed by atoms with Gasteiger partial charge in [-0.2, -0.15) is 0 Å². The Kier molecular flexibility index (Phi) is 5.12. The Morgan fingerprint density at radius 1 is 1.37 bits per heavy atom. The maximum atomic E-state index is 12.2. The number of cyclic esters (lactones) is 1. The molecule has 8 heteroatoms. The molecule has 0 atom stereocenters. The molecule has 1 heterocycles. The highest BCUT2D eigenvalue weighted by Gasteiger charge is 2.43. The number of ether oxygens (including phenoxy) is 1. The van der Waals surface area contributed by atoms with Gasteiger partial charge in [-0.05, 0) is 27.7 Å². The SMILES string of the molecule is CCOP(=O)(CC(=O)N1CC(C)(C)OC1=O)OCC. The summed E-state index contributed by atoms with van der Waals surface area (Å²) >= 11 is 0. The third kappa shape index (κ3) is 4.30. The van der Waals surface area contributed by atoms with Gasteiger partial charge >= 0.3 is 13.7 Å². The van der Waals surface area contributed by atoms with E-state index >= 15 is 0 Å². The van der Waals surface area contributed by atoms with Crippen molar-refractivity contribution in [3.8, 4) is 0 Å². The molecule has 1 aliphatic rings. The fourth-order valence-corrected chi connectivity index (χ4v) is 3.28. The number of hydrogen-bond donors (Lipinski definition) is 0. The molecule has 0 spiro atoms. The second-order valence-corrected chi connectivity index (χ2v) is 6.77. The summed E-state index contributed by atoms with van der Waals surface area (Å²) in [7, 11) is -3.50. The molecule has 0 N–H and O–H groups in total. The van der Waals surface area contributed by atoms with Crippen molar-refractivity contribution in [3.63, 3.8) is 0 Å². The summed E-state index contributed by atoms with van der Waals surface area (Å²) in [6, 6.07) is 0. The minimum atomic E-state index is -3.50. The van der Waals surface area contributed by atoms with E-state index in [0.717, 1.165) is 4.90 Å². The van der Waals surface area contributed by atoms with Crippen molar-refractivity contribution in [2.75, 3.05) is 25.9 Å². The lowest BCUT2D eigenvalue weighted by atomic mass is 10.1. The number of carbonyl (C=O) groups is 2. The number of hydrogen-bond acceptors (Lipinski definition) is 6. The summed E-state index contributed by atoms with van der Waals surface area (Å²) in [5.41, 5.74) is -0.728. The minimum Gasteiger partial charge on any atom is -0.441 e. The summed E-state index contributed by atoms with van der Waals surface area (Å²) in [5, 5.41) is 0. The fourth-order valence-electron chi connectivity index (χ4n) is 1.73. The van der Waals surface area contributed by atoms with Gasteiger partial charge in [0.05, 0.1) is 19.8 Å². The van der Waals surface area contributed by atoms with Crippen LogP contribution in [0.15, 0.2) is 0 Å². The summed E-state index contributed by atoms with van der Waals surface area (Å²) in [6.45, 7) is 7.17. The molecule has 0 saturated carbocycles. The van der Waals surface area contributed by atoms with Gasteiger partial charge < -0.3 is 13.8 Å². The van der Waals surface area contributed by atoms with Crippen LogP contribution in [-0.2, 0) is 23.1 Å². The second kappa shape index (κ2) is 6.03. The summed E-state index contributed by atoms with van der Waals surface area (Å²) < 4.78 is 27.3. The Bertz CT molecular complexity index is 398. The van der Waals surface area contributed by atoms with Crippen LogP contribution in [-0.4, -0.2) is 48.4 Å². The monoisotopic (exact) mass is 293 g/mol. The van der Waals surface area contributed by atoms with Crippen LogP contribution in [0.1, 0.15) is 27.7 Å².